The Bertz CT molecular complexity index is 1470. The van der Waals surface area contributed by atoms with E-state index in [-0.39, 0.29) is 31.0 Å². The molecule has 5 rings (SSSR count). The van der Waals surface area contributed by atoms with E-state index in [1.165, 1.54) is 12.1 Å². The molecule has 0 unspecified atom stereocenters. The lowest BCUT2D eigenvalue weighted by Gasteiger charge is -2.38. The Balaban J connectivity index is 1.54. The topological polar surface area (TPSA) is 109 Å². The number of halogens is 3. The van der Waals surface area contributed by atoms with Crippen molar-refractivity contribution in [1.29, 1.82) is 0 Å². The molecule has 2 aromatic heterocycles. The minimum absolute atomic E-state index is 0.0674. The zero-order valence-corrected chi connectivity index (χ0v) is 22.5. The number of aromatic nitrogens is 5. The van der Waals surface area contributed by atoms with Gasteiger partial charge in [-0.1, -0.05) is 36.4 Å². The van der Waals surface area contributed by atoms with Crippen molar-refractivity contribution in [3.8, 4) is 22.6 Å². The van der Waals surface area contributed by atoms with Crippen LogP contribution in [0.5, 0.6) is 0 Å². The van der Waals surface area contributed by atoms with Crippen LogP contribution >= 0.6 is 0 Å². The number of nitrogens with one attached hydrogen (secondary N) is 2. The number of methoxy groups -OCH3 is 1. The summed E-state index contributed by atoms with van der Waals surface area (Å²) in [6, 6.07) is 16.7. The third-order valence-corrected chi connectivity index (χ3v) is 7.13. The molecule has 0 atom stereocenters. The SMILES string of the molecule is COCCN(c1cc(CC(=O)Nc2ccccc2F)cc(-c2ccccc2-c2nn[nH]n2)n1)C1CCC(F)(F)CC1. The van der Waals surface area contributed by atoms with Gasteiger partial charge < -0.3 is 15.0 Å². The molecule has 9 nitrogen and oxygen atoms in total. The van der Waals surface area contributed by atoms with Crippen LogP contribution in [0, 0.1) is 5.82 Å². The van der Waals surface area contributed by atoms with Crippen LogP contribution < -0.4 is 10.2 Å². The van der Waals surface area contributed by atoms with Crippen LogP contribution in [0.25, 0.3) is 22.6 Å². The number of pyridine rings is 1. The number of anilines is 2. The average Bonchev–Trinajstić information content (AvgIpc) is 3.50. The van der Waals surface area contributed by atoms with E-state index in [0.29, 0.717) is 60.0 Å². The number of carbonyl (C=O) groups excluding carboxylic acids is 1. The van der Waals surface area contributed by atoms with Gasteiger partial charge in [0.05, 0.1) is 24.4 Å². The summed E-state index contributed by atoms with van der Waals surface area (Å²) in [6.07, 6.45) is 0.108. The second-order valence-electron chi connectivity index (χ2n) is 9.98. The second-order valence-corrected chi connectivity index (χ2v) is 9.98. The highest BCUT2D eigenvalue weighted by molar-refractivity contribution is 5.92. The van der Waals surface area contributed by atoms with E-state index in [0.717, 1.165) is 0 Å². The Morgan fingerprint density at radius 2 is 1.83 bits per heavy atom. The van der Waals surface area contributed by atoms with Crippen molar-refractivity contribution in [3.63, 3.8) is 0 Å². The van der Waals surface area contributed by atoms with Gasteiger partial charge in [-0.2, -0.15) is 5.21 Å². The molecule has 12 heteroatoms. The molecule has 0 aliphatic heterocycles. The number of aromatic amines is 1. The molecule has 2 heterocycles. The monoisotopic (exact) mass is 565 g/mol. The highest BCUT2D eigenvalue weighted by atomic mass is 19.3. The Hall–Kier alpha value is -4.32. The first-order chi connectivity index (χ1) is 19.8. The van der Waals surface area contributed by atoms with E-state index in [1.807, 2.05) is 29.2 Å². The van der Waals surface area contributed by atoms with E-state index in [1.54, 1.807) is 31.4 Å². The first-order valence-electron chi connectivity index (χ1n) is 13.3. The van der Waals surface area contributed by atoms with Crippen LogP contribution in [0.15, 0.2) is 60.7 Å². The molecule has 0 saturated heterocycles. The lowest BCUT2D eigenvalue weighted by atomic mass is 9.91. The minimum Gasteiger partial charge on any atom is -0.383 e. The molecular formula is C29H30F3N7O2. The quantitative estimate of drug-likeness (QED) is 0.269. The molecule has 1 aliphatic carbocycles. The number of tetrazole rings is 1. The van der Waals surface area contributed by atoms with Crippen molar-refractivity contribution in [3.05, 3.63) is 72.0 Å². The van der Waals surface area contributed by atoms with Gasteiger partial charge in [0.25, 0.3) is 0 Å². The van der Waals surface area contributed by atoms with Crippen LogP contribution in [0.3, 0.4) is 0 Å². The zero-order chi connectivity index (χ0) is 28.8. The Labute approximate surface area is 235 Å². The van der Waals surface area contributed by atoms with E-state index in [4.69, 9.17) is 9.72 Å². The predicted molar refractivity (Wildman–Crippen MR) is 148 cm³/mol. The molecule has 0 bridgehead atoms. The average molecular weight is 566 g/mol. The number of alkyl halides is 2. The van der Waals surface area contributed by atoms with E-state index in [9.17, 15) is 18.0 Å². The van der Waals surface area contributed by atoms with E-state index < -0.39 is 17.6 Å². The summed E-state index contributed by atoms with van der Waals surface area (Å²) in [5, 5.41) is 17.0. The third-order valence-electron chi connectivity index (χ3n) is 7.13. The van der Waals surface area contributed by atoms with Crippen LogP contribution in [0.4, 0.5) is 24.7 Å². The number of hydrogen-bond donors (Lipinski definition) is 2. The van der Waals surface area contributed by atoms with Gasteiger partial charge in [0, 0.05) is 43.7 Å². The molecule has 2 aromatic carbocycles. The maximum atomic E-state index is 14.2. The molecule has 214 valence electrons. The fourth-order valence-corrected chi connectivity index (χ4v) is 5.09. The number of carbonyl (C=O) groups is 1. The second kappa shape index (κ2) is 12.5. The van der Waals surface area contributed by atoms with Gasteiger partial charge >= 0.3 is 0 Å². The Kier molecular flexibility index (Phi) is 8.58. The van der Waals surface area contributed by atoms with Gasteiger partial charge in [-0.25, -0.2) is 18.2 Å². The lowest BCUT2D eigenvalue weighted by Crippen LogP contribution is -2.43. The number of ether oxygens (including phenoxy) is 1. The van der Waals surface area contributed by atoms with Crippen LogP contribution in [-0.2, 0) is 16.0 Å². The van der Waals surface area contributed by atoms with Crippen molar-refractivity contribution in [2.24, 2.45) is 0 Å². The van der Waals surface area contributed by atoms with Gasteiger partial charge in [0.2, 0.25) is 17.7 Å². The first-order valence-corrected chi connectivity index (χ1v) is 13.3. The fraction of sp³-hybridized carbons (Fsp3) is 0.345. The summed E-state index contributed by atoms with van der Waals surface area (Å²) in [6.45, 7) is 0.790. The molecule has 1 amide bonds. The largest absolute Gasteiger partial charge is 0.383 e. The maximum absolute atomic E-state index is 14.2. The number of rotatable bonds is 10. The molecular weight excluding hydrogens is 535 g/mol. The number of para-hydroxylation sites is 1. The van der Waals surface area contributed by atoms with Crippen LogP contribution in [-0.4, -0.2) is 63.7 Å². The third kappa shape index (κ3) is 6.88. The summed E-state index contributed by atoms with van der Waals surface area (Å²) in [5.41, 5.74) is 2.62. The van der Waals surface area contributed by atoms with Crippen molar-refractivity contribution in [1.82, 2.24) is 25.6 Å². The van der Waals surface area contributed by atoms with Gasteiger partial charge in [0.15, 0.2) is 0 Å². The summed E-state index contributed by atoms with van der Waals surface area (Å²) >= 11 is 0. The Morgan fingerprint density at radius 3 is 2.54 bits per heavy atom. The van der Waals surface area contributed by atoms with Gasteiger partial charge in [-0.15, -0.1) is 10.2 Å². The highest BCUT2D eigenvalue weighted by Gasteiger charge is 2.37. The van der Waals surface area contributed by atoms with Crippen molar-refractivity contribution in [2.75, 3.05) is 30.5 Å². The normalized spacial score (nSPS) is 15.0. The number of hydrogen-bond acceptors (Lipinski definition) is 7. The number of H-pyrrole nitrogens is 1. The van der Waals surface area contributed by atoms with Crippen LogP contribution in [0.2, 0.25) is 0 Å². The predicted octanol–water partition coefficient (Wildman–Crippen LogP) is 5.28. The summed E-state index contributed by atoms with van der Waals surface area (Å²) in [5.74, 6) is -2.72. The van der Waals surface area contributed by atoms with Crippen molar-refractivity contribution >= 4 is 17.4 Å². The summed E-state index contributed by atoms with van der Waals surface area (Å²) in [7, 11) is 1.58. The summed E-state index contributed by atoms with van der Waals surface area (Å²) < 4.78 is 47.6. The minimum atomic E-state index is -2.68. The Morgan fingerprint density at radius 1 is 1.10 bits per heavy atom. The molecule has 4 aromatic rings. The maximum Gasteiger partial charge on any atom is 0.248 e. The first kappa shape index (κ1) is 28.2. The fourth-order valence-electron chi connectivity index (χ4n) is 5.09. The molecule has 2 N–H and O–H groups in total. The number of amides is 1. The molecule has 0 radical (unpaired) electrons. The van der Waals surface area contributed by atoms with E-state index >= 15 is 0 Å². The number of nitrogens with zero attached hydrogens (tertiary/aromatic N) is 5. The standard InChI is InChI=1S/C29H30F3N7O2/c1-41-15-14-39(20-10-12-29(31,32)13-11-20)26-17-19(18-27(40)34-24-9-5-4-8-23(24)30)16-25(33-26)21-6-2-3-7-22(21)28-35-37-38-36-28/h2-9,16-17,20H,10-15,18H2,1H3,(H,34,40)(H,35,36,37,38). The van der Waals surface area contributed by atoms with Crippen LogP contribution in [0.1, 0.15) is 31.2 Å². The molecule has 1 fully saturated rings. The van der Waals surface area contributed by atoms with Gasteiger partial charge in [0.1, 0.15) is 11.6 Å². The van der Waals surface area contributed by atoms with Gasteiger partial charge in [-0.05, 0) is 47.9 Å². The molecule has 1 aliphatic rings. The molecule has 0 spiro atoms. The van der Waals surface area contributed by atoms with Crippen molar-refractivity contribution < 1.29 is 22.7 Å². The highest BCUT2D eigenvalue weighted by Crippen LogP contribution is 2.37. The van der Waals surface area contributed by atoms with E-state index in [2.05, 4.69) is 25.9 Å². The smallest absolute Gasteiger partial charge is 0.248 e. The zero-order valence-electron chi connectivity index (χ0n) is 22.5. The molecule has 1 saturated carbocycles. The van der Waals surface area contributed by atoms with Gasteiger partial charge in [-0.3, -0.25) is 4.79 Å². The lowest BCUT2D eigenvalue weighted by molar-refractivity contribution is -0.115. The summed E-state index contributed by atoms with van der Waals surface area (Å²) in [4.78, 5) is 19.9. The van der Waals surface area contributed by atoms with Crippen molar-refractivity contribution in [2.45, 2.75) is 44.1 Å². The number of benzene rings is 2. The molecule has 41 heavy (non-hydrogen) atoms.